The van der Waals surface area contributed by atoms with Gasteiger partial charge in [0.25, 0.3) is 5.91 Å². The van der Waals surface area contributed by atoms with Crippen LogP contribution in [0.15, 0.2) is 42.9 Å². The molecule has 1 amide bonds. The van der Waals surface area contributed by atoms with E-state index >= 15 is 0 Å². The standard InChI is InChI=1S/C23H27N5O/c1-16(2)12-28-15-25-26-21(28)19-13-27(14-23(19)9-5-10-23)22(29)20-18-7-4-3-6-17(18)8-11-24-20/h3-4,6-8,11,15-16,19H,5,9-10,12-14H2,1-2H3. The van der Waals surface area contributed by atoms with E-state index in [9.17, 15) is 4.79 Å². The van der Waals surface area contributed by atoms with Gasteiger partial charge in [0.2, 0.25) is 0 Å². The lowest BCUT2D eigenvalue weighted by Crippen LogP contribution is -2.38. The molecule has 150 valence electrons. The Bertz CT molecular complexity index is 1050. The van der Waals surface area contributed by atoms with Crippen molar-refractivity contribution >= 4 is 16.7 Å². The smallest absolute Gasteiger partial charge is 0.273 e. The molecule has 0 radical (unpaired) electrons. The fourth-order valence-corrected chi connectivity index (χ4v) is 5.12. The number of carbonyl (C=O) groups excluding carboxylic acids is 1. The van der Waals surface area contributed by atoms with Crippen LogP contribution in [-0.4, -0.2) is 43.6 Å². The summed E-state index contributed by atoms with van der Waals surface area (Å²) >= 11 is 0. The van der Waals surface area contributed by atoms with Crippen molar-refractivity contribution in [2.45, 2.75) is 45.6 Å². The molecular formula is C23H27N5O. The molecule has 1 saturated carbocycles. The third-order valence-electron chi connectivity index (χ3n) is 6.68. The van der Waals surface area contributed by atoms with Gasteiger partial charge in [-0.25, -0.2) is 0 Å². The second kappa shape index (κ2) is 6.94. The molecule has 2 aromatic heterocycles. The molecule has 6 nitrogen and oxygen atoms in total. The maximum absolute atomic E-state index is 13.5. The molecule has 1 aliphatic carbocycles. The Balaban J connectivity index is 1.47. The molecule has 0 N–H and O–H groups in total. The topological polar surface area (TPSA) is 63.9 Å². The van der Waals surface area contributed by atoms with Crippen molar-refractivity contribution in [1.29, 1.82) is 0 Å². The van der Waals surface area contributed by atoms with Gasteiger partial charge in [-0.15, -0.1) is 10.2 Å². The van der Waals surface area contributed by atoms with Crippen LogP contribution in [0.25, 0.3) is 10.8 Å². The quantitative estimate of drug-likeness (QED) is 0.679. The van der Waals surface area contributed by atoms with Gasteiger partial charge in [0.1, 0.15) is 17.8 Å². The highest BCUT2D eigenvalue weighted by Gasteiger charge is 2.53. The number of carbonyl (C=O) groups is 1. The molecule has 5 rings (SSSR count). The summed E-state index contributed by atoms with van der Waals surface area (Å²) in [7, 11) is 0. The number of fused-ring (bicyclic) bond motifs is 1. The summed E-state index contributed by atoms with van der Waals surface area (Å²) in [5.74, 6) is 1.85. The normalized spacial score (nSPS) is 20.5. The summed E-state index contributed by atoms with van der Waals surface area (Å²) in [6.07, 6.45) is 7.11. The van der Waals surface area contributed by atoms with Crippen molar-refractivity contribution in [2.24, 2.45) is 11.3 Å². The lowest BCUT2D eigenvalue weighted by molar-refractivity contribution is 0.0720. The van der Waals surface area contributed by atoms with Crippen LogP contribution in [0.1, 0.15) is 55.3 Å². The monoisotopic (exact) mass is 389 g/mol. The van der Waals surface area contributed by atoms with Gasteiger partial charge in [-0.05, 0) is 35.6 Å². The number of nitrogens with zero attached hydrogens (tertiary/aromatic N) is 5. The van der Waals surface area contributed by atoms with E-state index < -0.39 is 0 Å². The second-order valence-electron chi connectivity index (χ2n) is 9.07. The first kappa shape index (κ1) is 18.3. The van der Waals surface area contributed by atoms with Crippen molar-refractivity contribution in [2.75, 3.05) is 13.1 Å². The van der Waals surface area contributed by atoms with Gasteiger partial charge in [0.15, 0.2) is 0 Å². The molecule has 1 atom stereocenters. The van der Waals surface area contributed by atoms with Crippen molar-refractivity contribution in [3.63, 3.8) is 0 Å². The average molecular weight is 390 g/mol. The van der Waals surface area contributed by atoms with Crippen molar-refractivity contribution < 1.29 is 4.79 Å². The van der Waals surface area contributed by atoms with E-state index in [0.717, 1.165) is 42.5 Å². The van der Waals surface area contributed by atoms with E-state index in [0.29, 0.717) is 18.2 Å². The zero-order valence-electron chi connectivity index (χ0n) is 17.1. The van der Waals surface area contributed by atoms with Gasteiger partial charge in [-0.3, -0.25) is 9.78 Å². The largest absolute Gasteiger partial charge is 0.336 e. The Hall–Kier alpha value is -2.76. The van der Waals surface area contributed by atoms with Crippen LogP contribution in [0.3, 0.4) is 0 Å². The Morgan fingerprint density at radius 2 is 2.07 bits per heavy atom. The molecule has 1 unspecified atom stereocenters. The number of benzene rings is 1. The van der Waals surface area contributed by atoms with Crippen LogP contribution >= 0.6 is 0 Å². The Labute approximate surface area is 171 Å². The predicted octanol–water partition coefficient (Wildman–Crippen LogP) is 3.89. The minimum absolute atomic E-state index is 0.0329. The van der Waals surface area contributed by atoms with E-state index in [1.807, 2.05) is 41.6 Å². The Kier molecular flexibility index (Phi) is 4.37. The molecule has 29 heavy (non-hydrogen) atoms. The van der Waals surface area contributed by atoms with E-state index in [1.54, 1.807) is 6.20 Å². The Morgan fingerprint density at radius 1 is 1.24 bits per heavy atom. The molecular weight excluding hydrogens is 362 g/mol. The zero-order chi connectivity index (χ0) is 20.0. The van der Waals surface area contributed by atoms with Gasteiger partial charge in [0, 0.05) is 37.1 Å². The van der Waals surface area contributed by atoms with Crippen molar-refractivity contribution in [3.8, 4) is 0 Å². The molecule has 2 fully saturated rings. The highest BCUT2D eigenvalue weighted by molar-refractivity contribution is 6.05. The van der Waals surface area contributed by atoms with Crippen LogP contribution < -0.4 is 0 Å². The predicted molar refractivity (Wildman–Crippen MR) is 112 cm³/mol. The average Bonchev–Trinajstić information content (AvgIpc) is 3.30. The summed E-state index contributed by atoms with van der Waals surface area (Å²) in [6, 6.07) is 9.94. The summed E-state index contributed by atoms with van der Waals surface area (Å²) in [4.78, 5) is 20.0. The third-order valence-corrected chi connectivity index (χ3v) is 6.68. The SMILES string of the molecule is CC(C)Cn1cnnc1C1CN(C(=O)c2nccc3ccccc23)CC12CCC2. The van der Waals surface area contributed by atoms with E-state index in [2.05, 4.69) is 33.6 Å². The molecule has 1 aliphatic heterocycles. The maximum atomic E-state index is 13.5. The van der Waals surface area contributed by atoms with Crippen molar-refractivity contribution in [3.05, 3.63) is 54.4 Å². The van der Waals surface area contributed by atoms with Gasteiger partial charge >= 0.3 is 0 Å². The molecule has 3 heterocycles. The number of pyridine rings is 1. The molecule has 1 saturated heterocycles. The molecule has 1 spiro atoms. The number of aromatic nitrogens is 4. The fourth-order valence-electron chi connectivity index (χ4n) is 5.12. The summed E-state index contributed by atoms with van der Waals surface area (Å²) < 4.78 is 2.19. The first-order valence-corrected chi connectivity index (χ1v) is 10.6. The lowest BCUT2D eigenvalue weighted by Gasteiger charge is -2.42. The van der Waals surface area contributed by atoms with Crippen LogP contribution in [0.2, 0.25) is 0 Å². The van der Waals surface area contributed by atoms with E-state index in [4.69, 9.17) is 0 Å². The number of rotatable bonds is 4. The second-order valence-corrected chi connectivity index (χ2v) is 9.07. The van der Waals surface area contributed by atoms with Crippen LogP contribution in [-0.2, 0) is 6.54 Å². The van der Waals surface area contributed by atoms with Gasteiger partial charge in [-0.2, -0.15) is 0 Å². The first-order valence-electron chi connectivity index (χ1n) is 10.6. The minimum atomic E-state index is 0.0329. The zero-order valence-corrected chi connectivity index (χ0v) is 17.1. The van der Waals surface area contributed by atoms with Gasteiger partial charge in [0.05, 0.1) is 0 Å². The number of hydrogen-bond donors (Lipinski definition) is 0. The highest BCUT2D eigenvalue weighted by Crippen LogP contribution is 2.55. The van der Waals surface area contributed by atoms with Crippen LogP contribution in [0.5, 0.6) is 0 Å². The highest BCUT2D eigenvalue weighted by atomic mass is 16.2. The van der Waals surface area contributed by atoms with Gasteiger partial charge in [-0.1, -0.05) is 44.5 Å². The van der Waals surface area contributed by atoms with E-state index in [1.165, 1.54) is 6.42 Å². The summed E-state index contributed by atoms with van der Waals surface area (Å²) in [5, 5.41) is 10.7. The number of amides is 1. The summed E-state index contributed by atoms with van der Waals surface area (Å²) in [5.41, 5.74) is 0.698. The maximum Gasteiger partial charge on any atom is 0.273 e. The lowest BCUT2D eigenvalue weighted by atomic mass is 9.62. The minimum Gasteiger partial charge on any atom is -0.336 e. The molecule has 6 heteroatoms. The molecule has 2 aliphatic rings. The fraction of sp³-hybridized carbons (Fsp3) is 0.478. The van der Waals surface area contributed by atoms with Crippen LogP contribution in [0.4, 0.5) is 0 Å². The van der Waals surface area contributed by atoms with E-state index in [-0.39, 0.29) is 17.2 Å². The van der Waals surface area contributed by atoms with Crippen LogP contribution in [0, 0.1) is 11.3 Å². The summed E-state index contributed by atoms with van der Waals surface area (Å²) in [6.45, 7) is 6.81. The first-order chi connectivity index (χ1) is 14.1. The third kappa shape index (κ3) is 3.02. The molecule has 1 aromatic carbocycles. The molecule has 0 bridgehead atoms. The number of hydrogen-bond acceptors (Lipinski definition) is 4. The van der Waals surface area contributed by atoms with Gasteiger partial charge < -0.3 is 9.47 Å². The Morgan fingerprint density at radius 3 is 2.83 bits per heavy atom. The number of likely N-dealkylation sites (tertiary alicyclic amines) is 1. The van der Waals surface area contributed by atoms with Crippen molar-refractivity contribution in [1.82, 2.24) is 24.6 Å². The molecule has 3 aromatic rings.